The summed E-state index contributed by atoms with van der Waals surface area (Å²) in [6, 6.07) is 0.352. The molecule has 7 nitrogen and oxygen atoms in total. The minimum Gasteiger partial charge on any atom is -0.425 e. The van der Waals surface area contributed by atoms with Crippen molar-refractivity contribution < 1.29 is 13.9 Å². The Hall–Kier alpha value is -1.47. The molecule has 0 aromatic carbocycles. The zero-order valence-corrected chi connectivity index (χ0v) is 14.8. The van der Waals surface area contributed by atoms with Crippen molar-refractivity contribution in [2.24, 2.45) is 0 Å². The molecule has 7 heteroatoms. The molecule has 0 saturated carbocycles. The Morgan fingerprint density at radius 1 is 1.48 bits per heavy atom. The van der Waals surface area contributed by atoms with Crippen LogP contribution < -0.4 is 0 Å². The average molecular weight is 324 g/mol. The molecule has 0 unspecified atom stereocenters. The van der Waals surface area contributed by atoms with Crippen LogP contribution in [0.4, 0.5) is 0 Å². The fraction of sp³-hybridized carbons (Fsp3) is 0.812. The van der Waals surface area contributed by atoms with E-state index in [1.54, 1.807) is 12.0 Å². The number of hydrogen-bond donors (Lipinski definition) is 0. The summed E-state index contributed by atoms with van der Waals surface area (Å²) in [4.78, 5) is 16.3. The highest BCUT2D eigenvalue weighted by molar-refractivity contribution is 5.76. The number of aromatic nitrogens is 2. The van der Waals surface area contributed by atoms with Gasteiger partial charge in [0.1, 0.15) is 0 Å². The molecule has 1 aliphatic rings. The van der Waals surface area contributed by atoms with E-state index >= 15 is 0 Å². The van der Waals surface area contributed by atoms with E-state index in [9.17, 15) is 4.79 Å². The molecular formula is C16H28N4O3. The number of nitrogens with zero attached hydrogens (tertiary/aromatic N) is 4. The van der Waals surface area contributed by atoms with Crippen molar-refractivity contribution in [2.45, 2.75) is 51.2 Å². The summed E-state index contributed by atoms with van der Waals surface area (Å²) in [6.45, 7) is 5.64. The monoisotopic (exact) mass is 324 g/mol. The van der Waals surface area contributed by atoms with Crippen LogP contribution in [0.3, 0.4) is 0 Å². The van der Waals surface area contributed by atoms with E-state index in [2.05, 4.69) is 22.1 Å². The van der Waals surface area contributed by atoms with Gasteiger partial charge in [0.2, 0.25) is 17.7 Å². The molecule has 1 fully saturated rings. The summed E-state index contributed by atoms with van der Waals surface area (Å²) in [7, 11) is 5.67. The zero-order valence-electron chi connectivity index (χ0n) is 14.8. The Bertz CT molecular complexity index is 517. The largest absolute Gasteiger partial charge is 0.425 e. The highest BCUT2D eigenvalue weighted by atomic mass is 16.5. The maximum atomic E-state index is 12.3. The van der Waals surface area contributed by atoms with E-state index in [0.717, 1.165) is 19.5 Å². The molecule has 0 aliphatic carbocycles. The van der Waals surface area contributed by atoms with Crippen LogP contribution in [0.25, 0.3) is 0 Å². The standard InChI is InChI=1S/C16H28N4O3/c1-11(2)16-18-17-14(23-16)6-7-15(21)20(4)9-12-8-13(22-5)10-19(12)3/h11-13H,6-10H2,1-5H3/t12-,13-/m0/s1. The maximum Gasteiger partial charge on any atom is 0.222 e. The zero-order chi connectivity index (χ0) is 17.0. The van der Waals surface area contributed by atoms with E-state index in [1.807, 2.05) is 20.9 Å². The minimum atomic E-state index is 0.101. The molecule has 1 saturated heterocycles. The Balaban J connectivity index is 1.78. The lowest BCUT2D eigenvalue weighted by atomic mass is 10.2. The number of ether oxygens (including phenoxy) is 1. The molecule has 0 N–H and O–H groups in total. The first kappa shape index (κ1) is 17.9. The topological polar surface area (TPSA) is 71.7 Å². The molecule has 2 heterocycles. The summed E-state index contributed by atoms with van der Waals surface area (Å²) in [5.41, 5.74) is 0. The lowest BCUT2D eigenvalue weighted by Crippen LogP contribution is -2.39. The summed E-state index contributed by atoms with van der Waals surface area (Å²) < 4.78 is 10.9. The van der Waals surface area contributed by atoms with Crippen molar-refractivity contribution in [3.05, 3.63) is 11.8 Å². The lowest BCUT2D eigenvalue weighted by Gasteiger charge is -2.25. The average Bonchev–Trinajstić information content (AvgIpc) is 3.12. The van der Waals surface area contributed by atoms with Crippen LogP contribution in [-0.4, -0.2) is 72.3 Å². The smallest absolute Gasteiger partial charge is 0.222 e. The molecule has 130 valence electrons. The molecule has 0 radical (unpaired) electrons. The summed E-state index contributed by atoms with van der Waals surface area (Å²) in [5, 5.41) is 7.98. The molecule has 2 atom stereocenters. The highest BCUT2D eigenvalue weighted by Crippen LogP contribution is 2.19. The van der Waals surface area contributed by atoms with Gasteiger partial charge >= 0.3 is 0 Å². The second kappa shape index (κ2) is 7.88. The van der Waals surface area contributed by atoms with E-state index in [-0.39, 0.29) is 17.9 Å². The van der Waals surface area contributed by atoms with E-state index in [0.29, 0.717) is 30.7 Å². The molecule has 23 heavy (non-hydrogen) atoms. The van der Waals surface area contributed by atoms with Crippen LogP contribution in [0, 0.1) is 0 Å². The number of likely N-dealkylation sites (tertiary alicyclic amines) is 1. The molecule has 1 aliphatic heterocycles. The van der Waals surface area contributed by atoms with Gasteiger partial charge in [0.15, 0.2) is 0 Å². The van der Waals surface area contributed by atoms with Crippen molar-refractivity contribution in [3.63, 3.8) is 0 Å². The second-order valence-corrected chi connectivity index (χ2v) is 6.65. The van der Waals surface area contributed by atoms with Crippen molar-refractivity contribution >= 4 is 5.91 Å². The fourth-order valence-electron chi connectivity index (χ4n) is 2.84. The predicted molar refractivity (Wildman–Crippen MR) is 86.2 cm³/mol. The third-order valence-corrected chi connectivity index (χ3v) is 4.42. The van der Waals surface area contributed by atoms with Gasteiger partial charge in [-0.2, -0.15) is 0 Å². The SMILES string of the molecule is CO[C@H]1C[C@@H](CN(C)C(=O)CCc2nnc(C(C)C)o2)N(C)C1. The van der Waals surface area contributed by atoms with E-state index in [1.165, 1.54) is 0 Å². The lowest BCUT2D eigenvalue weighted by molar-refractivity contribution is -0.130. The summed E-state index contributed by atoms with van der Waals surface area (Å²) in [5.74, 6) is 1.47. The Kier molecular flexibility index (Phi) is 6.12. The predicted octanol–water partition coefficient (Wildman–Crippen LogP) is 1.30. The van der Waals surface area contributed by atoms with E-state index in [4.69, 9.17) is 9.15 Å². The number of aryl methyl sites for hydroxylation is 1. The molecule has 0 bridgehead atoms. The van der Waals surface area contributed by atoms with Crippen LogP contribution in [0.2, 0.25) is 0 Å². The van der Waals surface area contributed by atoms with E-state index < -0.39 is 0 Å². The third kappa shape index (κ3) is 4.75. The van der Waals surface area contributed by atoms with Gasteiger partial charge in [0.05, 0.1) is 6.10 Å². The van der Waals surface area contributed by atoms with Crippen LogP contribution in [-0.2, 0) is 16.0 Å². The van der Waals surface area contributed by atoms with Gasteiger partial charge < -0.3 is 14.1 Å². The van der Waals surface area contributed by atoms with Gasteiger partial charge in [0.25, 0.3) is 0 Å². The normalized spacial score (nSPS) is 22.0. The van der Waals surface area contributed by atoms with Gasteiger partial charge in [-0.05, 0) is 13.5 Å². The van der Waals surface area contributed by atoms with Gasteiger partial charge in [-0.25, -0.2) is 0 Å². The van der Waals surface area contributed by atoms with Crippen molar-refractivity contribution in [1.29, 1.82) is 0 Å². The van der Waals surface area contributed by atoms with Crippen LogP contribution in [0.15, 0.2) is 4.42 Å². The summed E-state index contributed by atoms with van der Waals surface area (Å²) >= 11 is 0. The molecule has 2 rings (SSSR count). The van der Waals surface area contributed by atoms with Crippen LogP contribution >= 0.6 is 0 Å². The van der Waals surface area contributed by atoms with Crippen LogP contribution in [0.5, 0.6) is 0 Å². The first-order chi connectivity index (χ1) is 10.9. The molecule has 0 spiro atoms. The van der Waals surface area contributed by atoms with Crippen LogP contribution in [0.1, 0.15) is 44.4 Å². The minimum absolute atomic E-state index is 0.101. The highest BCUT2D eigenvalue weighted by Gasteiger charge is 2.30. The number of hydrogen-bond acceptors (Lipinski definition) is 6. The fourth-order valence-corrected chi connectivity index (χ4v) is 2.84. The second-order valence-electron chi connectivity index (χ2n) is 6.65. The Labute approximate surface area is 138 Å². The molecule has 1 amide bonds. The Morgan fingerprint density at radius 2 is 2.22 bits per heavy atom. The number of rotatable bonds is 7. The van der Waals surface area contributed by atoms with Gasteiger partial charge in [-0.15, -0.1) is 10.2 Å². The molecular weight excluding hydrogens is 296 g/mol. The first-order valence-corrected chi connectivity index (χ1v) is 8.20. The van der Waals surface area contributed by atoms with Crippen molar-refractivity contribution in [2.75, 3.05) is 34.3 Å². The Morgan fingerprint density at radius 3 is 2.78 bits per heavy atom. The third-order valence-electron chi connectivity index (χ3n) is 4.42. The number of carbonyl (C=O) groups is 1. The first-order valence-electron chi connectivity index (χ1n) is 8.20. The summed E-state index contributed by atoms with van der Waals surface area (Å²) in [6.07, 6.45) is 2.11. The number of amides is 1. The maximum absolute atomic E-state index is 12.3. The quantitative estimate of drug-likeness (QED) is 0.753. The molecule has 1 aromatic rings. The van der Waals surface area contributed by atoms with Gasteiger partial charge in [-0.1, -0.05) is 13.8 Å². The van der Waals surface area contributed by atoms with Gasteiger partial charge in [-0.3, -0.25) is 9.69 Å². The van der Waals surface area contributed by atoms with Crippen molar-refractivity contribution in [3.8, 4) is 0 Å². The molecule has 1 aromatic heterocycles. The number of methoxy groups -OCH3 is 1. The van der Waals surface area contributed by atoms with Gasteiger partial charge in [0, 0.05) is 52.0 Å². The number of carbonyl (C=O) groups excluding carboxylic acids is 1. The van der Waals surface area contributed by atoms with Crippen molar-refractivity contribution in [1.82, 2.24) is 20.0 Å². The number of likely N-dealkylation sites (N-methyl/N-ethyl adjacent to an activating group) is 2.